The van der Waals surface area contributed by atoms with E-state index in [-0.39, 0.29) is 22.1 Å². The first kappa shape index (κ1) is 40.7. The minimum atomic E-state index is -8.81. The normalized spacial score (nSPS) is 20.5. The third-order valence-corrected chi connectivity index (χ3v) is 7.06. The van der Waals surface area contributed by atoms with Crippen molar-refractivity contribution in [3.8, 4) is 0 Å². The van der Waals surface area contributed by atoms with E-state index in [1.54, 1.807) is 0 Å². The van der Waals surface area contributed by atoms with Crippen molar-refractivity contribution in [2.24, 2.45) is 0 Å². The molecule has 2 N–H and O–H groups in total. The molecular formula is C18H6F26N2S. The summed E-state index contributed by atoms with van der Waals surface area (Å²) in [5, 5.41) is 1.29. The number of alkyl halides is 26. The number of thiophene rings is 1. The standard InChI is InChI=1S/C18H6F26N2S/c19-7(20,9(23,24)11(27,28)13(31,32)15(35,36)17(39,40)41)5-6(46-4-2-47-1-3(4)45-5)8(21,22)10(25,26)12(29,30)14(33,34)16(37,38)18(42,43)44/h1-2,5-6,45-46H. The molecule has 47 heavy (non-hydrogen) atoms. The Kier molecular flexibility index (Phi) is 9.07. The summed E-state index contributed by atoms with van der Waals surface area (Å²) in [5.74, 6) is -85.0. The fourth-order valence-corrected chi connectivity index (χ4v) is 4.31. The third kappa shape index (κ3) is 5.07. The van der Waals surface area contributed by atoms with Crippen molar-refractivity contribution in [3.05, 3.63) is 10.8 Å². The van der Waals surface area contributed by atoms with Crippen LogP contribution in [0.2, 0.25) is 0 Å². The van der Waals surface area contributed by atoms with Gasteiger partial charge in [-0.25, -0.2) is 0 Å². The molecule has 276 valence electrons. The van der Waals surface area contributed by atoms with E-state index in [4.69, 9.17) is 0 Å². The van der Waals surface area contributed by atoms with Crippen LogP contribution in [-0.2, 0) is 0 Å². The van der Waals surface area contributed by atoms with Gasteiger partial charge < -0.3 is 10.6 Å². The average Bonchev–Trinajstić information content (AvgIpc) is 3.33. The summed E-state index contributed by atoms with van der Waals surface area (Å²) in [7, 11) is 0. The molecular weight excluding hydrogens is 770 g/mol. The fourth-order valence-electron chi connectivity index (χ4n) is 3.58. The predicted molar refractivity (Wildman–Crippen MR) is 101 cm³/mol. The molecule has 2 heterocycles. The maximum absolute atomic E-state index is 14.9. The van der Waals surface area contributed by atoms with Crippen LogP contribution >= 0.6 is 11.3 Å². The van der Waals surface area contributed by atoms with Crippen LogP contribution in [0.15, 0.2) is 10.8 Å². The zero-order valence-corrected chi connectivity index (χ0v) is 21.4. The second-order valence-electron chi connectivity index (χ2n) is 9.28. The Morgan fingerprint density at radius 3 is 0.766 bits per heavy atom. The van der Waals surface area contributed by atoms with Crippen molar-refractivity contribution in [2.45, 2.75) is 83.7 Å². The number of hydrogen-bond acceptors (Lipinski definition) is 3. The van der Waals surface area contributed by atoms with Crippen molar-refractivity contribution in [2.75, 3.05) is 10.6 Å². The molecule has 0 spiro atoms. The molecule has 0 saturated carbocycles. The first-order valence-corrected chi connectivity index (χ1v) is 11.6. The van der Waals surface area contributed by atoms with Crippen LogP contribution < -0.4 is 10.6 Å². The maximum atomic E-state index is 14.9. The second kappa shape index (κ2) is 10.5. The summed E-state index contributed by atoms with van der Waals surface area (Å²) in [6.45, 7) is 0. The van der Waals surface area contributed by atoms with Crippen LogP contribution in [0, 0.1) is 0 Å². The summed E-state index contributed by atoms with van der Waals surface area (Å²) >= 11 is -0.0470. The monoisotopic (exact) mass is 776 g/mol. The summed E-state index contributed by atoms with van der Waals surface area (Å²) in [6.07, 6.45) is -16.0. The van der Waals surface area contributed by atoms with Gasteiger partial charge in [0.2, 0.25) is 0 Å². The highest BCUT2D eigenvalue weighted by Crippen LogP contribution is 2.64. The van der Waals surface area contributed by atoms with Gasteiger partial charge in [-0.2, -0.15) is 114 Å². The van der Waals surface area contributed by atoms with Crippen LogP contribution in [0.25, 0.3) is 0 Å². The molecule has 2 atom stereocenters. The van der Waals surface area contributed by atoms with Gasteiger partial charge in [-0.1, -0.05) is 0 Å². The van der Waals surface area contributed by atoms with E-state index in [1.165, 1.54) is 0 Å². The Morgan fingerprint density at radius 1 is 0.340 bits per heavy atom. The molecule has 0 aromatic carbocycles. The number of fused-ring (bicyclic) bond motifs is 1. The zero-order chi connectivity index (χ0) is 37.8. The Bertz CT molecular complexity index is 1210. The molecule has 2 unspecified atom stereocenters. The molecule has 1 aliphatic rings. The number of rotatable bonds is 10. The molecule has 0 saturated heterocycles. The SMILES string of the molecule is FC(F)(F)C(F)(F)C(F)(F)C(F)(F)C(F)(F)C(F)(F)C1Nc2cscc2NC1C(F)(F)C(F)(F)C(F)(F)C(F)(F)C(F)(F)C(F)(F)F. The van der Waals surface area contributed by atoms with E-state index in [0.29, 0.717) is 10.6 Å². The van der Waals surface area contributed by atoms with Crippen molar-refractivity contribution in [1.29, 1.82) is 0 Å². The van der Waals surface area contributed by atoms with E-state index < -0.39 is 95.0 Å². The van der Waals surface area contributed by atoms with Crippen LogP contribution in [0.4, 0.5) is 126 Å². The maximum Gasteiger partial charge on any atom is 0.460 e. The van der Waals surface area contributed by atoms with Gasteiger partial charge in [-0.3, -0.25) is 0 Å². The van der Waals surface area contributed by atoms with E-state index in [0.717, 1.165) is 0 Å². The highest BCUT2D eigenvalue weighted by molar-refractivity contribution is 7.09. The van der Waals surface area contributed by atoms with Crippen molar-refractivity contribution in [1.82, 2.24) is 0 Å². The summed E-state index contributed by atoms with van der Waals surface area (Å²) in [6, 6.07) is -10.9. The molecule has 1 aliphatic heterocycles. The van der Waals surface area contributed by atoms with Crippen LogP contribution in [0.5, 0.6) is 0 Å². The Labute approximate surface area is 243 Å². The van der Waals surface area contributed by atoms with Gasteiger partial charge in [0.25, 0.3) is 0 Å². The molecule has 0 bridgehead atoms. The van der Waals surface area contributed by atoms with Crippen LogP contribution in [0.3, 0.4) is 0 Å². The molecule has 1 aromatic heterocycles. The number of anilines is 2. The van der Waals surface area contributed by atoms with E-state index in [1.807, 2.05) is 0 Å². The highest BCUT2D eigenvalue weighted by atomic mass is 32.1. The van der Waals surface area contributed by atoms with Gasteiger partial charge in [-0.05, 0) is 0 Å². The lowest BCUT2D eigenvalue weighted by Gasteiger charge is -2.48. The average molecular weight is 776 g/mol. The lowest BCUT2D eigenvalue weighted by molar-refractivity contribution is -0.446. The minimum absolute atomic E-state index is 0.0470. The third-order valence-electron chi connectivity index (χ3n) is 6.31. The molecule has 0 fully saturated rings. The zero-order valence-electron chi connectivity index (χ0n) is 20.5. The van der Waals surface area contributed by atoms with E-state index in [2.05, 4.69) is 0 Å². The first-order chi connectivity index (χ1) is 20.2. The molecule has 2 nitrogen and oxygen atoms in total. The molecule has 0 radical (unpaired) electrons. The van der Waals surface area contributed by atoms with E-state index >= 15 is 0 Å². The Morgan fingerprint density at radius 2 is 0.553 bits per heavy atom. The predicted octanol–water partition coefficient (Wildman–Crippen LogP) is 9.80. The number of nitrogens with one attached hydrogen (secondary N) is 2. The molecule has 0 aliphatic carbocycles. The largest absolute Gasteiger partial charge is 0.460 e. The Balaban J connectivity index is 2.86. The first-order valence-electron chi connectivity index (χ1n) is 10.7. The van der Waals surface area contributed by atoms with Crippen LogP contribution in [0.1, 0.15) is 0 Å². The lowest BCUT2D eigenvalue weighted by Crippen LogP contribution is -2.77. The topological polar surface area (TPSA) is 24.1 Å². The molecule has 2 rings (SSSR count). The van der Waals surface area contributed by atoms with Crippen molar-refractivity contribution >= 4 is 22.7 Å². The second-order valence-corrected chi connectivity index (χ2v) is 10.0. The smallest absolute Gasteiger partial charge is 0.372 e. The summed E-state index contributed by atoms with van der Waals surface area (Å²) < 4.78 is 353. The van der Waals surface area contributed by atoms with E-state index in [9.17, 15) is 114 Å². The molecule has 29 heteroatoms. The summed E-state index contributed by atoms with van der Waals surface area (Å²) in [4.78, 5) is 0. The molecule has 1 aromatic rings. The highest BCUT2D eigenvalue weighted by Gasteiger charge is 2.94. The quantitative estimate of drug-likeness (QED) is 0.232. The van der Waals surface area contributed by atoms with Gasteiger partial charge in [-0.15, -0.1) is 11.3 Å². The van der Waals surface area contributed by atoms with Crippen molar-refractivity contribution < 1.29 is 114 Å². The summed E-state index contributed by atoms with van der Waals surface area (Å²) in [5.41, 5.74) is -3.00. The minimum Gasteiger partial charge on any atom is -0.372 e. The van der Waals surface area contributed by atoms with Crippen LogP contribution in [-0.4, -0.2) is 83.7 Å². The molecule has 0 amide bonds. The number of halogens is 26. The van der Waals surface area contributed by atoms with Gasteiger partial charge in [0.1, 0.15) is 12.1 Å². The fraction of sp³-hybridized carbons (Fsp3) is 0.778. The van der Waals surface area contributed by atoms with Gasteiger partial charge in [0.15, 0.2) is 0 Å². The van der Waals surface area contributed by atoms with Crippen molar-refractivity contribution in [3.63, 3.8) is 0 Å². The van der Waals surface area contributed by atoms with Gasteiger partial charge in [0, 0.05) is 10.8 Å². The number of hydrogen-bond donors (Lipinski definition) is 2. The Hall–Kier alpha value is -2.52. The van der Waals surface area contributed by atoms with Gasteiger partial charge in [0.05, 0.1) is 11.4 Å². The lowest BCUT2D eigenvalue weighted by atomic mass is 9.81. The van der Waals surface area contributed by atoms with Gasteiger partial charge >= 0.3 is 71.6 Å².